The van der Waals surface area contributed by atoms with Gasteiger partial charge in [0.25, 0.3) is 0 Å². The molecule has 18 heavy (non-hydrogen) atoms. The number of fused-ring (bicyclic) bond motifs is 1. The van der Waals surface area contributed by atoms with Crippen molar-refractivity contribution in [1.82, 2.24) is 5.32 Å². The van der Waals surface area contributed by atoms with Crippen molar-refractivity contribution in [2.24, 2.45) is 0 Å². The van der Waals surface area contributed by atoms with E-state index in [1.54, 1.807) is 0 Å². The number of aryl methyl sites for hydroxylation is 1. The first kappa shape index (κ1) is 14.0. The fraction of sp³-hybridized carbons (Fsp3) is 0.615. The van der Waals surface area contributed by atoms with Crippen LogP contribution in [0.3, 0.4) is 0 Å². The molecule has 0 bridgehead atoms. The van der Waals surface area contributed by atoms with Crippen molar-refractivity contribution in [3.05, 3.63) is 20.3 Å². The molecular formula is C13H18BrNO2S. The molecular weight excluding hydrogens is 314 g/mol. The van der Waals surface area contributed by atoms with Gasteiger partial charge >= 0.3 is 5.97 Å². The molecule has 1 aliphatic carbocycles. The lowest BCUT2D eigenvalue weighted by atomic mass is 9.94. The highest BCUT2D eigenvalue weighted by molar-refractivity contribution is 9.11. The van der Waals surface area contributed by atoms with Gasteiger partial charge in [0, 0.05) is 17.5 Å². The highest BCUT2D eigenvalue weighted by Crippen LogP contribution is 2.37. The molecule has 0 radical (unpaired) electrons. The lowest BCUT2D eigenvalue weighted by molar-refractivity contribution is -0.143. The lowest BCUT2D eigenvalue weighted by Crippen LogP contribution is -2.26. The summed E-state index contributed by atoms with van der Waals surface area (Å²) in [5.41, 5.74) is 1.40. The third-order valence-electron chi connectivity index (χ3n) is 3.11. The molecule has 3 nitrogen and oxygen atoms in total. The van der Waals surface area contributed by atoms with Crippen molar-refractivity contribution >= 4 is 33.2 Å². The normalized spacial score (nSPS) is 18.4. The quantitative estimate of drug-likeness (QED) is 0.840. The second-order valence-electron chi connectivity index (χ2n) is 4.38. The van der Waals surface area contributed by atoms with E-state index in [0.29, 0.717) is 25.6 Å². The van der Waals surface area contributed by atoms with Crippen LogP contribution in [0.2, 0.25) is 0 Å². The summed E-state index contributed by atoms with van der Waals surface area (Å²) in [6.45, 7) is 2.99. The number of esters is 1. The second kappa shape index (κ2) is 6.68. The van der Waals surface area contributed by atoms with Crippen molar-refractivity contribution < 1.29 is 9.53 Å². The summed E-state index contributed by atoms with van der Waals surface area (Å²) < 4.78 is 6.12. The Labute approximate surface area is 120 Å². The van der Waals surface area contributed by atoms with E-state index in [9.17, 15) is 4.79 Å². The number of ether oxygens (including phenoxy) is 1. The van der Waals surface area contributed by atoms with Crippen molar-refractivity contribution in [3.63, 3.8) is 0 Å². The number of nitrogens with one attached hydrogen (secondary N) is 1. The van der Waals surface area contributed by atoms with Gasteiger partial charge in [-0.2, -0.15) is 0 Å². The Bertz CT molecular complexity index is 419. The predicted octanol–water partition coefficient (Wildman–Crippen LogP) is 3.43. The van der Waals surface area contributed by atoms with Crippen LogP contribution in [0.4, 0.5) is 0 Å². The van der Waals surface area contributed by atoms with E-state index in [-0.39, 0.29) is 5.97 Å². The molecule has 0 saturated carbocycles. The lowest BCUT2D eigenvalue weighted by Gasteiger charge is -2.23. The Hall–Kier alpha value is -0.390. The zero-order chi connectivity index (χ0) is 13.0. The third-order valence-corrected chi connectivity index (χ3v) is 4.82. The van der Waals surface area contributed by atoms with Crippen LogP contribution in [0.5, 0.6) is 0 Å². The van der Waals surface area contributed by atoms with Crippen molar-refractivity contribution in [2.45, 2.75) is 38.6 Å². The predicted molar refractivity (Wildman–Crippen MR) is 77.0 cm³/mol. The van der Waals surface area contributed by atoms with Crippen LogP contribution < -0.4 is 5.32 Å². The van der Waals surface area contributed by atoms with Crippen LogP contribution in [0.25, 0.3) is 0 Å². The number of carbonyl (C=O) groups is 1. The molecule has 1 aromatic heterocycles. The maximum atomic E-state index is 11.3. The molecule has 100 valence electrons. The molecule has 2 rings (SSSR count). The summed E-state index contributed by atoms with van der Waals surface area (Å²) >= 11 is 5.38. The Balaban J connectivity index is 1.85. The summed E-state index contributed by atoms with van der Waals surface area (Å²) in [7, 11) is 0. The summed E-state index contributed by atoms with van der Waals surface area (Å²) in [6, 6.07) is 2.60. The van der Waals surface area contributed by atoms with E-state index in [1.807, 2.05) is 18.3 Å². The van der Waals surface area contributed by atoms with Gasteiger partial charge in [-0.25, -0.2) is 0 Å². The first-order valence-electron chi connectivity index (χ1n) is 6.37. The summed E-state index contributed by atoms with van der Waals surface area (Å²) in [5.74, 6) is -0.118. The van der Waals surface area contributed by atoms with Crippen LogP contribution in [0.1, 0.15) is 42.7 Å². The van der Waals surface area contributed by atoms with Gasteiger partial charge in [-0.1, -0.05) is 0 Å². The van der Waals surface area contributed by atoms with Gasteiger partial charge in [0.2, 0.25) is 0 Å². The minimum atomic E-state index is -0.118. The Kier molecular flexibility index (Phi) is 5.21. The van der Waals surface area contributed by atoms with Gasteiger partial charge in [-0.15, -0.1) is 11.3 Å². The number of halogens is 1. The van der Waals surface area contributed by atoms with Gasteiger partial charge in [0.15, 0.2) is 0 Å². The number of carbonyl (C=O) groups excluding carboxylic acids is 1. The van der Waals surface area contributed by atoms with Crippen molar-refractivity contribution in [3.8, 4) is 0 Å². The molecule has 1 aliphatic rings. The van der Waals surface area contributed by atoms with E-state index in [4.69, 9.17) is 4.74 Å². The highest BCUT2D eigenvalue weighted by Gasteiger charge is 2.22. The maximum Gasteiger partial charge on any atom is 0.307 e. The van der Waals surface area contributed by atoms with Gasteiger partial charge in [-0.3, -0.25) is 4.79 Å². The Morgan fingerprint density at radius 1 is 1.67 bits per heavy atom. The standard InChI is InChI=1S/C13H18BrNO2S/c1-2-17-13(16)6-7-15-10-4-3-5-11-9(10)8-12(14)18-11/h8,10,15H,2-7H2,1H3. The molecule has 5 heteroatoms. The molecule has 0 spiro atoms. The zero-order valence-corrected chi connectivity index (χ0v) is 12.9. The summed E-state index contributed by atoms with van der Waals surface area (Å²) in [6.07, 6.45) is 4.00. The van der Waals surface area contributed by atoms with Crippen LogP contribution in [-0.4, -0.2) is 19.1 Å². The maximum absolute atomic E-state index is 11.3. The first-order valence-corrected chi connectivity index (χ1v) is 7.98. The molecule has 0 fully saturated rings. The Morgan fingerprint density at radius 2 is 2.50 bits per heavy atom. The third kappa shape index (κ3) is 3.56. The van der Waals surface area contributed by atoms with E-state index in [2.05, 4.69) is 27.3 Å². The number of thiophene rings is 1. The van der Waals surface area contributed by atoms with Gasteiger partial charge in [0.1, 0.15) is 0 Å². The molecule has 0 aliphatic heterocycles. The van der Waals surface area contributed by atoms with Gasteiger partial charge in [0.05, 0.1) is 16.8 Å². The molecule has 1 aromatic rings. The van der Waals surface area contributed by atoms with Crippen molar-refractivity contribution in [1.29, 1.82) is 0 Å². The largest absolute Gasteiger partial charge is 0.466 e. The van der Waals surface area contributed by atoms with Crippen molar-refractivity contribution in [2.75, 3.05) is 13.2 Å². The average molecular weight is 332 g/mol. The fourth-order valence-corrected chi connectivity index (χ4v) is 4.13. The monoisotopic (exact) mass is 331 g/mol. The van der Waals surface area contributed by atoms with E-state index < -0.39 is 0 Å². The molecule has 1 N–H and O–H groups in total. The summed E-state index contributed by atoms with van der Waals surface area (Å²) in [5, 5.41) is 3.47. The molecule has 0 amide bonds. The molecule has 0 aromatic carbocycles. The van der Waals surface area contributed by atoms with Crippen LogP contribution in [-0.2, 0) is 16.0 Å². The topological polar surface area (TPSA) is 38.3 Å². The van der Waals surface area contributed by atoms with Crippen LogP contribution in [0, 0.1) is 0 Å². The smallest absolute Gasteiger partial charge is 0.307 e. The van der Waals surface area contributed by atoms with Crippen LogP contribution in [0.15, 0.2) is 9.85 Å². The number of hydrogen-bond acceptors (Lipinski definition) is 4. The fourth-order valence-electron chi connectivity index (χ4n) is 2.32. The van der Waals surface area contributed by atoms with Crippen LogP contribution >= 0.6 is 27.3 Å². The second-order valence-corrected chi connectivity index (χ2v) is 6.90. The minimum absolute atomic E-state index is 0.118. The minimum Gasteiger partial charge on any atom is -0.466 e. The zero-order valence-electron chi connectivity index (χ0n) is 10.5. The van der Waals surface area contributed by atoms with E-state index in [1.165, 1.54) is 27.1 Å². The van der Waals surface area contributed by atoms with E-state index >= 15 is 0 Å². The highest BCUT2D eigenvalue weighted by atomic mass is 79.9. The number of hydrogen-bond donors (Lipinski definition) is 1. The van der Waals surface area contributed by atoms with E-state index in [0.717, 1.165) is 6.42 Å². The molecule has 1 unspecified atom stereocenters. The average Bonchev–Trinajstić information content (AvgIpc) is 2.70. The molecule has 1 atom stereocenters. The van der Waals surface area contributed by atoms with Gasteiger partial charge < -0.3 is 10.1 Å². The number of rotatable bonds is 5. The molecule has 0 saturated heterocycles. The Morgan fingerprint density at radius 3 is 3.28 bits per heavy atom. The van der Waals surface area contributed by atoms with Gasteiger partial charge in [-0.05, 0) is 53.7 Å². The molecule has 1 heterocycles. The SMILES string of the molecule is CCOC(=O)CCNC1CCCc2sc(Br)cc21. The first-order chi connectivity index (χ1) is 8.70. The summed E-state index contributed by atoms with van der Waals surface area (Å²) in [4.78, 5) is 12.7.